The van der Waals surface area contributed by atoms with Crippen molar-refractivity contribution < 1.29 is 19.1 Å². The number of esters is 2. The lowest BCUT2D eigenvalue weighted by Gasteiger charge is -2.32. The molecule has 0 aromatic heterocycles. The standard InChI is InChI=1S/C15H24O4/c1-10(2)13(16)18-8-15(7,12(5)6)9-19-14(17)11(3)4/h12H,1,3,8-9H2,2,4-7H3. The zero-order chi connectivity index (χ0) is 15.2. The van der Waals surface area contributed by atoms with Crippen molar-refractivity contribution >= 4 is 11.9 Å². The molecule has 108 valence electrons. The molecule has 0 unspecified atom stereocenters. The minimum atomic E-state index is -0.434. The molecule has 0 N–H and O–H groups in total. The minimum Gasteiger partial charge on any atom is -0.462 e. The lowest BCUT2D eigenvalue weighted by molar-refractivity contribution is -0.150. The Morgan fingerprint density at radius 1 is 1.00 bits per heavy atom. The summed E-state index contributed by atoms with van der Waals surface area (Å²) in [4.78, 5) is 22.8. The highest BCUT2D eigenvalue weighted by molar-refractivity contribution is 5.87. The van der Waals surface area contributed by atoms with Crippen LogP contribution >= 0.6 is 0 Å². The summed E-state index contributed by atoms with van der Waals surface area (Å²) in [6.45, 7) is 16.5. The maximum Gasteiger partial charge on any atom is 0.333 e. The average Bonchev–Trinajstić information content (AvgIpc) is 2.32. The molecule has 0 amide bonds. The molecule has 0 saturated heterocycles. The highest BCUT2D eigenvalue weighted by atomic mass is 16.5. The number of hydrogen-bond donors (Lipinski definition) is 0. The van der Waals surface area contributed by atoms with E-state index in [2.05, 4.69) is 13.2 Å². The SMILES string of the molecule is C=C(C)C(=O)OCC(C)(COC(=O)C(=C)C)C(C)C. The molecule has 0 spiro atoms. The van der Waals surface area contributed by atoms with Crippen LogP contribution in [0.25, 0.3) is 0 Å². The molecular weight excluding hydrogens is 244 g/mol. The molecule has 0 atom stereocenters. The first-order chi connectivity index (χ1) is 8.60. The Labute approximate surface area is 115 Å². The molecular formula is C15H24O4. The van der Waals surface area contributed by atoms with E-state index < -0.39 is 17.4 Å². The first kappa shape index (κ1) is 17.4. The van der Waals surface area contributed by atoms with Crippen molar-refractivity contribution in [2.45, 2.75) is 34.6 Å². The molecule has 0 aliphatic rings. The van der Waals surface area contributed by atoms with Crippen LogP contribution in [0.4, 0.5) is 0 Å². The summed E-state index contributed by atoms with van der Waals surface area (Å²) in [6, 6.07) is 0. The van der Waals surface area contributed by atoms with Gasteiger partial charge in [0.2, 0.25) is 0 Å². The Balaban J connectivity index is 4.59. The molecule has 0 saturated carbocycles. The van der Waals surface area contributed by atoms with E-state index in [0.717, 1.165) is 0 Å². The second-order valence-electron chi connectivity index (χ2n) is 5.52. The predicted octanol–water partition coefficient (Wildman–Crippen LogP) is 2.89. The van der Waals surface area contributed by atoms with Crippen LogP contribution < -0.4 is 0 Å². The molecule has 0 aliphatic carbocycles. The molecule has 0 aromatic carbocycles. The van der Waals surface area contributed by atoms with Crippen molar-refractivity contribution in [1.29, 1.82) is 0 Å². The molecule has 4 heteroatoms. The highest BCUT2D eigenvalue weighted by Crippen LogP contribution is 2.28. The fourth-order valence-corrected chi connectivity index (χ4v) is 1.08. The lowest BCUT2D eigenvalue weighted by atomic mass is 9.80. The van der Waals surface area contributed by atoms with Gasteiger partial charge in [-0.3, -0.25) is 0 Å². The van der Waals surface area contributed by atoms with Crippen LogP contribution in [0.15, 0.2) is 24.3 Å². The van der Waals surface area contributed by atoms with Crippen LogP contribution in [-0.2, 0) is 19.1 Å². The quantitative estimate of drug-likeness (QED) is 0.526. The first-order valence-corrected chi connectivity index (χ1v) is 6.25. The largest absolute Gasteiger partial charge is 0.462 e. The summed E-state index contributed by atoms with van der Waals surface area (Å²) in [5, 5.41) is 0. The van der Waals surface area contributed by atoms with E-state index in [1.54, 1.807) is 13.8 Å². The zero-order valence-corrected chi connectivity index (χ0v) is 12.5. The van der Waals surface area contributed by atoms with E-state index in [1.807, 2.05) is 20.8 Å². The van der Waals surface area contributed by atoms with Crippen LogP contribution in [0.3, 0.4) is 0 Å². The van der Waals surface area contributed by atoms with Gasteiger partial charge in [-0.25, -0.2) is 9.59 Å². The Kier molecular flexibility index (Phi) is 6.53. The minimum absolute atomic E-state index is 0.180. The monoisotopic (exact) mass is 268 g/mol. The predicted molar refractivity (Wildman–Crippen MR) is 74.5 cm³/mol. The van der Waals surface area contributed by atoms with Gasteiger partial charge in [0.15, 0.2) is 0 Å². The van der Waals surface area contributed by atoms with Gasteiger partial charge in [0.1, 0.15) is 13.2 Å². The van der Waals surface area contributed by atoms with Crippen molar-refractivity contribution in [3.8, 4) is 0 Å². The second kappa shape index (κ2) is 7.12. The summed E-state index contributed by atoms with van der Waals surface area (Å²) < 4.78 is 10.3. The number of hydrogen-bond acceptors (Lipinski definition) is 4. The normalized spacial score (nSPS) is 11.1. The van der Waals surface area contributed by atoms with Crippen LogP contribution in [0.2, 0.25) is 0 Å². The molecule has 0 aromatic rings. The highest BCUT2D eigenvalue weighted by Gasteiger charge is 2.32. The summed E-state index contributed by atoms with van der Waals surface area (Å²) in [7, 11) is 0. The van der Waals surface area contributed by atoms with Crippen molar-refractivity contribution in [2.24, 2.45) is 11.3 Å². The van der Waals surface area contributed by atoms with Gasteiger partial charge in [0.05, 0.1) is 0 Å². The first-order valence-electron chi connectivity index (χ1n) is 6.25. The van der Waals surface area contributed by atoms with Gasteiger partial charge >= 0.3 is 11.9 Å². The van der Waals surface area contributed by atoms with Crippen molar-refractivity contribution in [3.05, 3.63) is 24.3 Å². The summed E-state index contributed by atoms with van der Waals surface area (Å²) in [5.41, 5.74) is 0.269. The number of ether oxygens (including phenoxy) is 2. The third kappa shape index (κ3) is 5.73. The Morgan fingerprint density at radius 3 is 1.53 bits per heavy atom. The van der Waals surface area contributed by atoms with E-state index >= 15 is 0 Å². The zero-order valence-electron chi connectivity index (χ0n) is 12.5. The second-order valence-corrected chi connectivity index (χ2v) is 5.52. The van der Waals surface area contributed by atoms with E-state index in [9.17, 15) is 9.59 Å². The van der Waals surface area contributed by atoms with Gasteiger partial charge in [-0.15, -0.1) is 0 Å². The molecule has 0 fully saturated rings. The van der Waals surface area contributed by atoms with Gasteiger partial charge < -0.3 is 9.47 Å². The molecule has 0 bridgehead atoms. The third-order valence-corrected chi connectivity index (χ3v) is 3.16. The summed E-state index contributed by atoms with van der Waals surface area (Å²) in [6.07, 6.45) is 0. The van der Waals surface area contributed by atoms with Gasteiger partial charge in [-0.1, -0.05) is 33.9 Å². The molecule has 0 aliphatic heterocycles. The average molecular weight is 268 g/mol. The summed E-state index contributed by atoms with van der Waals surface area (Å²) >= 11 is 0. The molecule has 19 heavy (non-hydrogen) atoms. The Bertz CT molecular complexity index is 350. The maximum absolute atomic E-state index is 11.4. The van der Waals surface area contributed by atoms with E-state index in [-0.39, 0.29) is 19.1 Å². The van der Waals surface area contributed by atoms with Gasteiger partial charge in [0.25, 0.3) is 0 Å². The lowest BCUT2D eigenvalue weighted by Crippen LogP contribution is -2.36. The molecule has 0 rings (SSSR count). The fourth-order valence-electron chi connectivity index (χ4n) is 1.08. The maximum atomic E-state index is 11.4. The van der Waals surface area contributed by atoms with Gasteiger partial charge in [-0.2, -0.15) is 0 Å². The number of carbonyl (C=O) groups is 2. The van der Waals surface area contributed by atoms with E-state index in [1.165, 1.54) is 0 Å². The van der Waals surface area contributed by atoms with Crippen molar-refractivity contribution in [3.63, 3.8) is 0 Å². The van der Waals surface area contributed by atoms with Crippen LogP contribution in [0.5, 0.6) is 0 Å². The van der Waals surface area contributed by atoms with Gasteiger partial charge in [0, 0.05) is 16.6 Å². The summed E-state index contributed by atoms with van der Waals surface area (Å²) in [5.74, 6) is -0.681. The Hall–Kier alpha value is -1.58. The van der Waals surface area contributed by atoms with Crippen molar-refractivity contribution in [2.75, 3.05) is 13.2 Å². The van der Waals surface area contributed by atoms with Gasteiger partial charge in [-0.05, 0) is 19.8 Å². The Morgan fingerprint density at radius 2 is 1.32 bits per heavy atom. The molecule has 0 radical (unpaired) electrons. The molecule has 4 nitrogen and oxygen atoms in total. The molecule has 0 heterocycles. The number of carbonyl (C=O) groups excluding carboxylic acids is 2. The van der Waals surface area contributed by atoms with E-state index in [0.29, 0.717) is 11.1 Å². The smallest absolute Gasteiger partial charge is 0.333 e. The fraction of sp³-hybridized carbons (Fsp3) is 0.600. The third-order valence-electron chi connectivity index (χ3n) is 3.16. The van der Waals surface area contributed by atoms with Crippen LogP contribution in [-0.4, -0.2) is 25.2 Å². The van der Waals surface area contributed by atoms with Crippen LogP contribution in [0.1, 0.15) is 34.6 Å². The van der Waals surface area contributed by atoms with Crippen molar-refractivity contribution in [1.82, 2.24) is 0 Å². The topological polar surface area (TPSA) is 52.6 Å². The van der Waals surface area contributed by atoms with E-state index in [4.69, 9.17) is 9.47 Å². The number of rotatable bonds is 7. The van der Waals surface area contributed by atoms with Crippen LogP contribution in [0, 0.1) is 11.3 Å².